The van der Waals surface area contributed by atoms with Crippen LogP contribution in [0, 0.1) is 0 Å². The summed E-state index contributed by atoms with van der Waals surface area (Å²) in [5, 5.41) is 15.7. The molecule has 0 bridgehead atoms. The minimum Gasteiger partial charge on any atom is -0.480 e. The molecule has 0 aliphatic heterocycles. The minimum absolute atomic E-state index is 0.179. The van der Waals surface area contributed by atoms with E-state index in [-0.39, 0.29) is 25.8 Å². The summed E-state index contributed by atoms with van der Waals surface area (Å²) in [4.78, 5) is 22.8. The second-order valence-corrected chi connectivity index (χ2v) is 4.78. The van der Waals surface area contributed by atoms with Gasteiger partial charge in [-0.25, -0.2) is 9.59 Å². The number of nitrogens with one attached hydrogen (secondary N) is 2. The fourth-order valence-corrected chi connectivity index (χ4v) is 2.37. The molecule has 1 aromatic heterocycles. The third-order valence-electron chi connectivity index (χ3n) is 2.39. The maximum absolute atomic E-state index is 11.4. The molecule has 0 radical (unpaired) electrons. The predicted molar refractivity (Wildman–Crippen MR) is 72.4 cm³/mol. The molecular formula is C12H18N2O4S. The van der Waals surface area contributed by atoms with Gasteiger partial charge in [0, 0.05) is 11.4 Å². The number of aliphatic carboxylic acids is 1. The molecule has 0 aromatic carbocycles. The van der Waals surface area contributed by atoms with Crippen LogP contribution >= 0.6 is 11.3 Å². The van der Waals surface area contributed by atoms with Gasteiger partial charge in [0.05, 0.1) is 13.2 Å². The molecule has 6 nitrogen and oxygen atoms in total. The topological polar surface area (TPSA) is 87.7 Å². The maximum Gasteiger partial charge on any atom is 0.329 e. The maximum atomic E-state index is 11.4. The highest BCUT2D eigenvalue weighted by molar-refractivity contribution is 7.10. The van der Waals surface area contributed by atoms with E-state index in [1.165, 1.54) is 5.56 Å². The van der Waals surface area contributed by atoms with Crippen molar-refractivity contribution in [3.05, 3.63) is 21.9 Å². The lowest BCUT2D eigenvalue weighted by molar-refractivity contribution is -0.142. The molecule has 0 spiro atoms. The molecule has 0 saturated heterocycles. The zero-order valence-corrected chi connectivity index (χ0v) is 11.6. The van der Waals surface area contributed by atoms with Crippen LogP contribution in [0.15, 0.2) is 11.4 Å². The average Bonchev–Trinajstić information content (AvgIpc) is 2.83. The van der Waals surface area contributed by atoms with Crippen LogP contribution in [-0.2, 0) is 22.5 Å². The molecule has 1 rings (SSSR count). The number of thiophene rings is 1. The van der Waals surface area contributed by atoms with E-state index < -0.39 is 5.97 Å². The third-order valence-corrected chi connectivity index (χ3v) is 3.35. The van der Waals surface area contributed by atoms with Crippen LogP contribution in [0.1, 0.15) is 17.4 Å². The SMILES string of the molecule is CCc1ccsc1CNC(=O)NCCOCC(=O)O. The summed E-state index contributed by atoms with van der Waals surface area (Å²) >= 11 is 1.62. The molecule has 1 heterocycles. The van der Waals surface area contributed by atoms with E-state index in [2.05, 4.69) is 23.6 Å². The van der Waals surface area contributed by atoms with Gasteiger partial charge in [-0.3, -0.25) is 0 Å². The van der Waals surface area contributed by atoms with E-state index in [0.717, 1.165) is 11.3 Å². The summed E-state index contributed by atoms with van der Waals surface area (Å²) < 4.78 is 4.79. The standard InChI is InChI=1S/C12H18N2O4S/c1-2-9-3-6-19-10(9)7-14-12(17)13-4-5-18-8-11(15)16/h3,6H,2,4-5,7-8H2,1H3,(H,15,16)(H2,13,14,17). The largest absolute Gasteiger partial charge is 0.480 e. The van der Waals surface area contributed by atoms with Gasteiger partial charge in [0.15, 0.2) is 0 Å². The fourth-order valence-electron chi connectivity index (χ4n) is 1.46. The van der Waals surface area contributed by atoms with Crippen LogP contribution in [0.25, 0.3) is 0 Å². The zero-order valence-electron chi connectivity index (χ0n) is 10.8. The first-order chi connectivity index (χ1) is 9.13. The molecule has 0 aliphatic carbocycles. The van der Waals surface area contributed by atoms with Crippen molar-refractivity contribution in [1.29, 1.82) is 0 Å². The average molecular weight is 286 g/mol. The number of carbonyl (C=O) groups excluding carboxylic acids is 1. The van der Waals surface area contributed by atoms with E-state index in [9.17, 15) is 9.59 Å². The van der Waals surface area contributed by atoms with Gasteiger partial charge in [-0.2, -0.15) is 0 Å². The summed E-state index contributed by atoms with van der Waals surface area (Å²) in [5.74, 6) is -1.02. The van der Waals surface area contributed by atoms with Crippen LogP contribution in [0.3, 0.4) is 0 Å². The molecule has 19 heavy (non-hydrogen) atoms. The number of carbonyl (C=O) groups is 2. The number of amides is 2. The second-order valence-electron chi connectivity index (χ2n) is 3.78. The highest BCUT2D eigenvalue weighted by Gasteiger charge is 2.05. The normalized spacial score (nSPS) is 10.2. The monoisotopic (exact) mass is 286 g/mol. The van der Waals surface area contributed by atoms with Crippen molar-refractivity contribution in [1.82, 2.24) is 10.6 Å². The summed E-state index contributed by atoms with van der Waals surface area (Å²) in [6.07, 6.45) is 0.950. The number of ether oxygens (including phenoxy) is 1. The highest BCUT2D eigenvalue weighted by Crippen LogP contribution is 2.16. The highest BCUT2D eigenvalue weighted by atomic mass is 32.1. The van der Waals surface area contributed by atoms with Crippen LogP contribution in [-0.4, -0.2) is 36.9 Å². The van der Waals surface area contributed by atoms with Gasteiger partial charge in [0.2, 0.25) is 0 Å². The van der Waals surface area contributed by atoms with Gasteiger partial charge >= 0.3 is 12.0 Å². The van der Waals surface area contributed by atoms with Gasteiger partial charge in [0.25, 0.3) is 0 Å². The third kappa shape index (κ3) is 6.21. The fraction of sp³-hybridized carbons (Fsp3) is 0.500. The van der Waals surface area contributed by atoms with E-state index >= 15 is 0 Å². The Morgan fingerprint density at radius 1 is 1.42 bits per heavy atom. The Hall–Kier alpha value is -1.60. The molecule has 1 aromatic rings. The first-order valence-electron chi connectivity index (χ1n) is 6.00. The van der Waals surface area contributed by atoms with E-state index in [4.69, 9.17) is 9.84 Å². The lowest BCUT2D eigenvalue weighted by Crippen LogP contribution is -2.37. The molecule has 2 amide bonds. The van der Waals surface area contributed by atoms with Gasteiger partial charge in [-0.1, -0.05) is 6.92 Å². The first kappa shape index (κ1) is 15.5. The minimum atomic E-state index is -1.02. The smallest absolute Gasteiger partial charge is 0.329 e. The van der Waals surface area contributed by atoms with Crippen molar-refractivity contribution in [2.24, 2.45) is 0 Å². The Morgan fingerprint density at radius 3 is 2.89 bits per heavy atom. The molecule has 3 N–H and O–H groups in total. The molecule has 0 saturated carbocycles. The van der Waals surface area contributed by atoms with Crippen molar-refractivity contribution in [3.63, 3.8) is 0 Å². The van der Waals surface area contributed by atoms with Crippen molar-refractivity contribution in [2.45, 2.75) is 19.9 Å². The van der Waals surface area contributed by atoms with Gasteiger partial charge in [-0.05, 0) is 23.4 Å². The first-order valence-corrected chi connectivity index (χ1v) is 6.88. The number of hydrogen-bond donors (Lipinski definition) is 3. The van der Waals surface area contributed by atoms with Gasteiger partial charge in [0.1, 0.15) is 6.61 Å². The van der Waals surface area contributed by atoms with Crippen LogP contribution in [0.4, 0.5) is 4.79 Å². The number of rotatable bonds is 8. The molecule has 0 unspecified atom stereocenters. The molecule has 7 heteroatoms. The Kier molecular flexibility index (Phi) is 6.91. The molecule has 106 valence electrons. The van der Waals surface area contributed by atoms with Crippen LogP contribution in [0.5, 0.6) is 0 Å². The number of carboxylic acids is 1. The molecular weight excluding hydrogens is 268 g/mol. The quantitative estimate of drug-likeness (QED) is 0.627. The summed E-state index contributed by atoms with van der Waals surface area (Å²) in [6, 6.07) is 1.77. The van der Waals surface area contributed by atoms with Gasteiger partial charge < -0.3 is 20.5 Å². The van der Waals surface area contributed by atoms with Crippen molar-refractivity contribution >= 4 is 23.3 Å². The molecule has 0 fully saturated rings. The number of urea groups is 1. The Balaban J connectivity index is 2.13. The number of hydrogen-bond acceptors (Lipinski definition) is 4. The lowest BCUT2D eigenvalue weighted by Gasteiger charge is -2.07. The Morgan fingerprint density at radius 2 is 2.21 bits per heavy atom. The Labute approximate surface area is 115 Å². The Bertz CT molecular complexity index is 420. The van der Waals surface area contributed by atoms with Crippen LogP contribution in [0.2, 0.25) is 0 Å². The van der Waals surface area contributed by atoms with E-state index in [1.54, 1.807) is 11.3 Å². The van der Waals surface area contributed by atoms with Crippen LogP contribution < -0.4 is 10.6 Å². The summed E-state index contributed by atoms with van der Waals surface area (Å²) in [7, 11) is 0. The van der Waals surface area contributed by atoms with Crippen molar-refractivity contribution in [2.75, 3.05) is 19.8 Å². The van der Waals surface area contributed by atoms with E-state index in [0.29, 0.717) is 6.54 Å². The van der Waals surface area contributed by atoms with E-state index in [1.807, 2.05) is 5.38 Å². The number of aryl methyl sites for hydroxylation is 1. The van der Waals surface area contributed by atoms with Gasteiger partial charge in [-0.15, -0.1) is 11.3 Å². The summed E-state index contributed by atoms with van der Waals surface area (Å²) in [6.45, 7) is 2.69. The lowest BCUT2D eigenvalue weighted by atomic mass is 10.2. The number of carboxylic acid groups (broad SMARTS) is 1. The second kappa shape index (κ2) is 8.49. The summed E-state index contributed by atoms with van der Waals surface area (Å²) in [5.41, 5.74) is 1.25. The van der Waals surface area contributed by atoms with Crippen molar-refractivity contribution < 1.29 is 19.4 Å². The molecule has 0 atom stereocenters. The van der Waals surface area contributed by atoms with Crippen molar-refractivity contribution in [3.8, 4) is 0 Å². The zero-order chi connectivity index (χ0) is 14.1. The predicted octanol–water partition coefficient (Wildman–Crippen LogP) is 1.21. The molecule has 0 aliphatic rings.